The van der Waals surface area contributed by atoms with Gasteiger partial charge in [0.1, 0.15) is 5.69 Å². The summed E-state index contributed by atoms with van der Waals surface area (Å²) in [5.74, 6) is 0. The minimum atomic E-state index is -2.61. The number of nitrogens with two attached hydrogens (primary N) is 1. The summed E-state index contributed by atoms with van der Waals surface area (Å²) in [6.45, 7) is -0.271. The van der Waals surface area contributed by atoms with Gasteiger partial charge in [-0.25, -0.2) is 8.78 Å². The van der Waals surface area contributed by atoms with E-state index in [0.717, 1.165) is 0 Å². The Bertz CT molecular complexity index is 281. The summed E-state index contributed by atoms with van der Waals surface area (Å²) >= 11 is 0. The van der Waals surface area contributed by atoms with E-state index >= 15 is 0 Å². The molecule has 1 rings (SSSR count). The Kier molecular flexibility index (Phi) is 3.27. The van der Waals surface area contributed by atoms with E-state index in [1.54, 1.807) is 0 Å². The van der Waals surface area contributed by atoms with Crippen molar-refractivity contribution >= 4 is 0 Å². The number of aliphatic hydroxyl groups excluding tert-OH is 1. The summed E-state index contributed by atoms with van der Waals surface area (Å²) < 4.78 is 24.3. The van der Waals surface area contributed by atoms with Gasteiger partial charge < -0.3 is 10.8 Å². The van der Waals surface area contributed by atoms with Crippen LogP contribution in [0.15, 0.2) is 18.3 Å². The summed E-state index contributed by atoms with van der Waals surface area (Å²) in [4.78, 5) is 3.47. The zero-order valence-electron chi connectivity index (χ0n) is 6.82. The number of nitrogens with zero attached hydrogens (tertiary/aromatic N) is 1. The molecule has 0 saturated heterocycles. The summed E-state index contributed by atoms with van der Waals surface area (Å²) in [6, 6.07) is 2.08. The smallest absolute Gasteiger partial charge is 0.280 e. The summed E-state index contributed by atoms with van der Waals surface area (Å²) in [5, 5.41) is 8.68. The average molecular weight is 188 g/mol. The number of pyridine rings is 1. The Hall–Kier alpha value is -1.07. The van der Waals surface area contributed by atoms with Gasteiger partial charge in [-0.2, -0.15) is 0 Å². The normalized spacial score (nSPS) is 13.3. The van der Waals surface area contributed by atoms with E-state index in [2.05, 4.69) is 4.98 Å². The lowest BCUT2D eigenvalue weighted by atomic mass is 10.1. The lowest BCUT2D eigenvalue weighted by molar-refractivity contribution is 0.146. The molecule has 1 aromatic heterocycles. The van der Waals surface area contributed by atoms with E-state index in [-0.39, 0.29) is 12.3 Å². The van der Waals surface area contributed by atoms with Gasteiger partial charge in [0, 0.05) is 6.20 Å². The first kappa shape index (κ1) is 10.0. The molecule has 72 valence electrons. The number of rotatable bonds is 3. The quantitative estimate of drug-likeness (QED) is 0.744. The zero-order valence-corrected chi connectivity index (χ0v) is 6.82. The maximum absolute atomic E-state index is 12.1. The van der Waals surface area contributed by atoms with Crippen molar-refractivity contribution in [3.63, 3.8) is 0 Å². The zero-order chi connectivity index (χ0) is 9.84. The van der Waals surface area contributed by atoms with Crippen LogP contribution >= 0.6 is 0 Å². The van der Waals surface area contributed by atoms with Crippen molar-refractivity contribution in [1.29, 1.82) is 0 Å². The van der Waals surface area contributed by atoms with Crippen LogP contribution in [0.25, 0.3) is 0 Å². The summed E-state index contributed by atoms with van der Waals surface area (Å²) in [5.41, 5.74) is 5.59. The van der Waals surface area contributed by atoms with E-state index in [1.165, 1.54) is 18.3 Å². The van der Waals surface area contributed by atoms with Crippen LogP contribution < -0.4 is 5.73 Å². The van der Waals surface area contributed by atoms with Crippen LogP contribution in [-0.2, 0) is 0 Å². The Balaban J connectivity index is 2.91. The predicted octanol–water partition coefficient (Wildman–Crippen LogP) is 1.01. The van der Waals surface area contributed by atoms with Crippen LogP contribution in [0, 0.1) is 0 Å². The summed E-state index contributed by atoms with van der Waals surface area (Å²) in [7, 11) is 0. The van der Waals surface area contributed by atoms with Gasteiger partial charge in [0.15, 0.2) is 0 Å². The van der Waals surface area contributed by atoms with E-state index < -0.39 is 12.5 Å². The van der Waals surface area contributed by atoms with Gasteiger partial charge in [-0.1, -0.05) is 0 Å². The molecule has 0 aliphatic carbocycles. The van der Waals surface area contributed by atoms with Gasteiger partial charge in [0.2, 0.25) is 0 Å². The number of hydrogen-bond donors (Lipinski definition) is 2. The topological polar surface area (TPSA) is 59.1 Å². The molecule has 3 nitrogen and oxygen atoms in total. The predicted molar refractivity (Wildman–Crippen MR) is 43.2 cm³/mol. The number of hydrogen-bond acceptors (Lipinski definition) is 3. The van der Waals surface area contributed by atoms with Crippen LogP contribution in [0.1, 0.15) is 23.7 Å². The third-order valence-electron chi connectivity index (χ3n) is 1.65. The molecule has 0 saturated carbocycles. The number of alkyl halides is 2. The highest BCUT2D eigenvalue weighted by Gasteiger charge is 2.11. The monoisotopic (exact) mass is 188 g/mol. The Morgan fingerprint density at radius 3 is 2.77 bits per heavy atom. The number of halogens is 2. The molecule has 0 amide bonds. The third-order valence-corrected chi connectivity index (χ3v) is 1.65. The molecule has 1 heterocycles. The molecule has 0 aromatic carbocycles. The van der Waals surface area contributed by atoms with E-state index in [1.807, 2.05) is 0 Å². The lowest BCUT2D eigenvalue weighted by Gasteiger charge is -2.08. The molecule has 0 aliphatic rings. The van der Waals surface area contributed by atoms with Crippen molar-refractivity contribution in [3.8, 4) is 0 Å². The van der Waals surface area contributed by atoms with Crippen LogP contribution in [0.4, 0.5) is 8.78 Å². The fourth-order valence-electron chi connectivity index (χ4n) is 0.921. The minimum Gasteiger partial charge on any atom is -0.394 e. The lowest BCUT2D eigenvalue weighted by Crippen LogP contribution is -2.14. The molecule has 0 radical (unpaired) electrons. The standard InChI is InChI=1S/C8H10F2N2O/c9-8(10)7-3-5(1-2-12-7)6(11)4-13/h1-3,6,8,13H,4,11H2. The maximum atomic E-state index is 12.1. The van der Waals surface area contributed by atoms with Crippen molar-refractivity contribution in [2.75, 3.05) is 6.61 Å². The molecule has 1 atom stereocenters. The largest absolute Gasteiger partial charge is 0.394 e. The SMILES string of the molecule is NC(CO)c1ccnc(C(F)F)c1. The van der Waals surface area contributed by atoms with Crippen molar-refractivity contribution in [3.05, 3.63) is 29.6 Å². The third kappa shape index (κ3) is 2.43. The molecule has 0 spiro atoms. The van der Waals surface area contributed by atoms with Crippen LogP contribution in [0.2, 0.25) is 0 Å². The van der Waals surface area contributed by atoms with Crippen molar-refractivity contribution in [2.24, 2.45) is 5.73 Å². The molecular weight excluding hydrogens is 178 g/mol. The van der Waals surface area contributed by atoms with E-state index in [4.69, 9.17) is 10.8 Å². The molecular formula is C8H10F2N2O. The highest BCUT2D eigenvalue weighted by atomic mass is 19.3. The Morgan fingerprint density at radius 2 is 2.23 bits per heavy atom. The highest BCUT2D eigenvalue weighted by Crippen LogP contribution is 2.18. The summed E-state index contributed by atoms with van der Waals surface area (Å²) in [6.07, 6.45) is -1.35. The van der Waals surface area contributed by atoms with Gasteiger partial charge in [0.25, 0.3) is 6.43 Å². The van der Waals surface area contributed by atoms with Gasteiger partial charge >= 0.3 is 0 Å². The fraction of sp³-hybridized carbons (Fsp3) is 0.375. The first-order valence-corrected chi connectivity index (χ1v) is 3.75. The van der Waals surface area contributed by atoms with Gasteiger partial charge in [-0.05, 0) is 17.7 Å². The number of aromatic nitrogens is 1. The molecule has 1 aromatic rings. The van der Waals surface area contributed by atoms with Gasteiger partial charge in [-0.15, -0.1) is 0 Å². The first-order chi connectivity index (χ1) is 6.15. The number of aliphatic hydroxyl groups is 1. The second-order valence-corrected chi connectivity index (χ2v) is 2.60. The molecule has 1 unspecified atom stereocenters. The Morgan fingerprint density at radius 1 is 1.54 bits per heavy atom. The second-order valence-electron chi connectivity index (χ2n) is 2.60. The van der Waals surface area contributed by atoms with Crippen molar-refractivity contribution in [2.45, 2.75) is 12.5 Å². The van der Waals surface area contributed by atoms with Gasteiger partial charge in [0.05, 0.1) is 12.6 Å². The molecule has 0 fully saturated rings. The van der Waals surface area contributed by atoms with Gasteiger partial charge in [-0.3, -0.25) is 4.98 Å². The van der Waals surface area contributed by atoms with Crippen molar-refractivity contribution < 1.29 is 13.9 Å². The maximum Gasteiger partial charge on any atom is 0.280 e. The van der Waals surface area contributed by atoms with Crippen molar-refractivity contribution in [1.82, 2.24) is 4.98 Å². The molecule has 13 heavy (non-hydrogen) atoms. The van der Waals surface area contributed by atoms with E-state index in [9.17, 15) is 8.78 Å². The molecule has 5 heteroatoms. The fourth-order valence-corrected chi connectivity index (χ4v) is 0.921. The molecule has 0 aliphatic heterocycles. The molecule has 0 bridgehead atoms. The van der Waals surface area contributed by atoms with E-state index in [0.29, 0.717) is 5.56 Å². The van der Waals surface area contributed by atoms with Crippen LogP contribution in [0.3, 0.4) is 0 Å². The Labute approximate surface area is 74.2 Å². The first-order valence-electron chi connectivity index (χ1n) is 3.75. The second kappa shape index (κ2) is 4.25. The average Bonchev–Trinajstić information content (AvgIpc) is 2.17. The van der Waals surface area contributed by atoms with Crippen LogP contribution in [-0.4, -0.2) is 16.7 Å². The minimum absolute atomic E-state index is 0.271. The molecule has 3 N–H and O–H groups in total. The highest BCUT2D eigenvalue weighted by molar-refractivity contribution is 5.20. The van der Waals surface area contributed by atoms with Crippen LogP contribution in [0.5, 0.6) is 0 Å².